The fourth-order valence-electron chi connectivity index (χ4n) is 3.79. The third-order valence-corrected chi connectivity index (χ3v) is 8.95. The summed E-state index contributed by atoms with van der Waals surface area (Å²) in [5.74, 6) is -1.72. The van der Waals surface area contributed by atoms with Gasteiger partial charge in [-0.1, -0.05) is 43.6 Å². The number of carbonyl (C=O) groups is 1. The number of carbonyl (C=O) groups excluding carboxylic acids is 1. The molecule has 3 rings (SSSR count). The average molecular weight is 375 g/mol. The first-order valence-corrected chi connectivity index (χ1v) is 11.8. The highest BCUT2D eigenvalue weighted by Crippen LogP contribution is 2.35. The Morgan fingerprint density at radius 2 is 1.77 bits per heavy atom. The predicted molar refractivity (Wildman–Crippen MR) is 102 cm³/mol. The van der Waals surface area contributed by atoms with E-state index in [-0.39, 0.29) is 5.56 Å². The maximum absolute atomic E-state index is 13.2. The SMILES string of the molecule is CCC[SiH]1CCC(c2ccc(OC(=O)c3ccc(F)c(F)c3)cc2)CC1. The van der Waals surface area contributed by atoms with Crippen LogP contribution >= 0.6 is 0 Å². The van der Waals surface area contributed by atoms with Crippen molar-refractivity contribution in [1.29, 1.82) is 0 Å². The molecule has 1 fully saturated rings. The number of ether oxygens (including phenoxy) is 1. The molecule has 2 nitrogen and oxygen atoms in total. The molecule has 0 amide bonds. The second kappa shape index (κ2) is 8.58. The van der Waals surface area contributed by atoms with Crippen molar-refractivity contribution < 1.29 is 18.3 Å². The van der Waals surface area contributed by atoms with Crippen LogP contribution in [-0.2, 0) is 0 Å². The highest BCUT2D eigenvalue weighted by Gasteiger charge is 2.22. The van der Waals surface area contributed by atoms with Crippen molar-refractivity contribution in [2.24, 2.45) is 0 Å². The number of rotatable bonds is 5. The lowest BCUT2D eigenvalue weighted by atomic mass is 9.93. The first-order valence-electron chi connectivity index (χ1n) is 9.34. The van der Waals surface area contributed by atoms with E-state index >= 15 is 0 Å². The van der Waals surface area contributed by atoms with Crippen molar-refractivity contribution in [2.75, 3.05) is 0 Å². The van der Waals surface area contributed by atoms with Gasteiger partial charge in [-0.2, -0.15) is 0 Å². The van der Waals surface area contributed by atoms with E-state index in [4.69, 9.17) is 4.74 Å². The molecule has 138 valence electrons. The second-order valence-electron chi connectivity index (χ2n) is 7.09. The predicted octanol–water partition coefficient (Wildman–Crippen LogP) is 5.70. The number of hydrogen-bond acceptors (Lipinski definition) is 2. The number of hydrogen-bond donors (Lipinski definition) is 0. The Balaban J connectivity index is 1.59. The summed E-state index contributed by atoms with van der Waals surface area (Å²) < 4.78 is 31.5. The minimum atomic E-state index is -1.06. The van der Waals surface area contributed by atoms with Crippen LogP contribution in [0, 0.1) is 11.6 Å². The van der Waals surface area contributed by atoms with Gasteiger partial charge >= 0.3 is 5.97 Å². The molecule has 0 atom stereocenters. The molecule has 26 heavy (non-hydrogen) atoms. The Morgan fingerprint density at radius 3 is 2.38 bits per heavy atom. The first kappa shape index (κ1) is 18.8. The van der Waals surface area contributed by atoms with Crippen LogP contribution in [0.4, 0.5) is 8.78 Å². The number of halogens is 2. The normalized spacial score (nSPS) is 20.0. The summed E-state index contributed by atoms with van der Waals surface area (Å²) >= 11 is 0. The lowest BCUT2D eigenvalue weighted by Gasteiger charge is -2.27. The van der Waals surface area contributed by atoms with E-state index in [1.165, 1.54) is 49.0 Å². The zero-order valence-corrected chi connectivity index (χ0v) is 16.2. The summed E-state index contributed by atoms with van der Waals surface area (Å²) in [5, 5.41) is 0. The minimum absolute atomic E-state index is 0.00724. The summed E-state index contributed by atoms with van der Waals surface area (Å²) in [6.07, 6.45) is 3.86. The van der Waals surface area contributed by atoms with Gasteiger partial charge in [0.1, 0.15) is 5.75 Å². The van der Waals surface area contributed by atoms with E-state index in [0.29, 0.717) is 11.7 Å². The fraction of sp³-hybridized carbons (Fsp3) is 0.381. The maximum atomic E-state index is 13.2. The van der Waals surface area contributed by atoms with Crippen LogP contribution in [0.1, 0.15) is 48.0 Å². The smallest absolute Gasteiger partial charge is 0.343 e. The van der Waals surface area contributed by atoms with Gasteiger partial charge in [-0.25, -0.2) is 13.6 Å². The van der Waals surface area contributed by atoms with Crippen molar-refractivity contribution in [3.8, 4) is 5.75 Å². The van der Waals surface area contributed by atoms with Crippen LogP contribution in [0.15, 0.2) is 42.5 Å². The Labute approximate surface area is 154 Å². The molecule has 1 heterocycles. The third kappa shape index (κ3) is 4.58. The van der Waals surface area contributed by atoms with Gasteiger partial charge in [-0.3, -0.25) is 0 Å². The molecule has 0 radical (unpaired) electrons. The van der Waals surface area contributed by atoms with Crippen LogP contribution in [-0.4, -0.2) is 14.8 Å². The summed E-state index contributed by atoms with van der Waals surface area (Å²) in [6.45, 7) is 2.28. The highest BCUT2D eigenvalue weighted by molar-refractivity contribution is 6.59. The Kier molecular flexibility index (Phi) is 6.19. The largest absolute Gasteiger partial charge is 0.423 e. The van der Waals surface area contributed by atoms with Gasteiger partial charge in [0.25, 0.3) is 0 Å². The molecule has 0 aliphatic carbocycles. The van der Waals surface area contributed by atoms with Gasteiger partial charge in [-0.15, -0.1) is 0 Å². The number of esters is 1. The highest BCUT2D eigenvalue weighted by atomic mass is 28.3. The van der Waals surface area contributed by atoms with Crippen LogP contribution < -0.4 is 4.74 Å². The van der Waals surface area contributed by atoms with Gasteiger partial charge < -0.3 is 4.74 Å². The second-order valence-corrected chi connectivity index (χ2v) is 10.6. The van der Waals surface area contributed by atoms with Crippen molar-refractivity contribution in [3.05, 3.63) is 65.2 Å². The Morgan fingerprint density at radius 1 is 1.08 bits per heavy atom. The zero-order valence-electron chi connectivity index (χ0n) is 15.0. The van der Waals surface area contributed by atoms with Crippen LogP contribution in [0.25, 0.3) is 0 Å². The van der Waals surface area contributed by atoms with Crippen LogP contribution in [0.5, 0.6) is 5.75 Å². The number of benzene rings is 2. The zero-order chi connectivity index (χ0) is 18.5. The van der Waals surface area contributed by atoms with E-state index in [2.05, 4.69) is 6.92 Å². The maximum Gasteiger partial charge on any atom is 0.343 e. The molecule has 0 saturated carbocycles. The van der Waals surface area contributed by atoms with Gasteiger partial charge in [0.05, 0.1) is 5.56 Å². The monoisotopic (exact) mass is 374 g/mol. The van der Waals surface area contributed by atoms with E-state index in [0.717, 1.165) is 12.1 Å². The summed E-state index contributed by atoms with van der Waals surface area (Å²) in [7, 11) is -0.487. The standard InChI is InChI=1S/C21H24F2O2Si/c1-2-11-26-12-9-16(10-13-26)15-3-6-18(7-4-15)25-21(24)17-5-8-19(22)20(23)14-17/h3-8,14,16,26H,2,9-13H2,1H3. The molecule has 2 aromatic rings. The molecular formula is C21H24F2O2Si. The van der Waals surface area contributed by atoms with Crippen LogP contribution in [0.2, 0.25) is 18.1 Å². The van der Waals surface area contributed by atoms with Crippen LogP contribution in [0.3, 0.4) is 0 Å². The van der Waals surface area contributed by atoms with E-state index in [9.17, 15) is 13.6 Å². The van der Waals surface area contributed by atoms with Gasteiger partial charge in [0.2, 0.25) is 0 Å². The van der Waals surface area contributed by atoms with Gasteiger partial charge in [-0.05, 0) is 54.7 Å². The molecule has 0 bridgehead atoms. The summed E-state index contributed by atoms with van der Waals surface area (Å²) in [5.41, 5.74) is 1.29. The Bertz CT molecular complexity index is 753. The first-order chi connectivity index (χ1) is 12.6. The molecule has 0 aromatic heterocycles. The van der Waals surface area contributed by atoms with Gasteiger partial charge in [0, 0.05) is 8.80 Å². The molecule has 0 unspecified atom stereocenters. The van der Waals surface area contributed by atoms with Crippen molar-refractivity contribution in [1.82, 2.24) is 0 Å². The van der Waals surface area contributed by atoms with E-state index < -0.39 is 26.4 Å². The molecule has 5 heteroatoms. The third-order valence-electron chi connectivity index (χ3n) is 5.26. The lowest BCUT2D eigenvalue weighted by molar-refractivity contribution is 0.0734. The quantitative estimate of drug-likeness (QED) is 0.381. The molecule has 0 N–H and O–H groups in total. The molecule has 2 aromatic carbocycles. The minimum Gasteiger partial charge on any atom is -0.423 e. The molecule has 1 aliphatic rings. The van der Waals surface area contributed by atoms with Crippen molar-refractivity contribution >= 4 is 14.8 Å². The summed E-state index contributed by atoms with van der Waals surface area (Å²) in [6, 6.07) is 14.9. The van der Waals surface area contributed by atoms with E-state index in [1.807, 2.05) is 12.1 Å². The van der Waals surface area contributed by atoms with Crippen molar-refractivity contribution in [2.45, 2.75) is 50.2 Å². The molecular weight excluding hydrogens is 350 g/mol. The molecule has 1 saturated heterocycles. The van der Waals surface area contributed by atoms with E-state index in [1.54, 1.807) is 12.1 Å². The topological polar surface area (TPSA) is 26.3 Å². The lowest BCUT2D eigenvalue weighted by Crippen LogP contribution is -2.20. The van der Waals surface area contributed by atoms with Crippen molar-refractivity contribution in [3.63, 3.8) is 0 Å². The molecule has 0 spiro atoms. The summed E-state index contributed by atoms with van der Waals surface area (Å²) in [4.78, 5) is 12.1. The Hall–Kier alpha value is -2.01. The molecule has 1 aliphatic heterocycles. The average Bonchev–Trinajstić information content (AvgIpc) is 2.65. The van der Waals surface area contributed by atoms with Gasteiger partial charge in [0.15, 0.2) is 11.6 Å². The fourth-order valence-corrected chi connectivity index (χ4v) is 7.22.